The van der Waals surface area contributed by atoms with E-state index in [1.807, 2.05) is 26.0 Å². The van der Waals surface area contributed by atoms with Gasteiger partial charge in [-0.1, -0.05) is 6.07 Å². The highest BCUT2D eigenvalue weighted by molar-refractivity contribution is 5.79. The van der Waals surface area contributed by atoms with Crippen LogP contribution in [-0.4, -0.2) is 49.4 Å². The van der Waals surface area contributed by atoms with Gasteiger partial charge in [0.25, 0.3) is 0 Å². The van der Waals surface area contributed by atoms with Gasteiger partial charge in [0.15, 0.2) is 11.5 Å². The van der Waals surface area contributed by atoms with Crippen LogP contribution in [0, 0.1) is 11.8 Å². The van der Waals surface area contributed by atoms with E-state index in [9.17, 15) is 4.79 Å². The molecule has 1 amide bonds. The van der Waals surface area contributed by atoms with Crippen LogP contribution < -0.4 is 14.8 Å². The lowest BCUT2D eigenvalue weighted by Gasteiger charge is -2.20. The number of likely N-dealkylation sites (tertiary alicyclic amines) is 1. The molecule has 6 nitrogen and oxygen atoms in total. The van der Waals surface area contributed by atoms with Crippen LogP contribution in [-0.2, 0) is 16.1 Å². The zero-order chi connectivity index (χ0) is 16.7. The summed E-state index contributed by atoms with van der Waals surface area (Å²) in [7, 11) is 0. The van der Waals surface area contributed by atoms with Crippen molar-refractivity contribution < 1.29 is 19.0 Å². The molecule has 2 fully saturated rings. The van der Waals surface area contributed by atoms with Crippen molar-refractivity contribution in [3.8, 4) is 11.5 Å². The van der Waals surface area contributed by atoms with E-state index in [2.05, 4.69) is 16.3 Å². The SMILES string of the molecule is CC(C)NC(=O)[C@H]1CO[C@@H]2CN(Cc3ccc4c(c3)OCO4)C[C@H]12. The van der Waals surface area contributed by atoms with E-state index in [-0.39, 0.29) is 29.9 Å². The Morgan fingerprint density at radius 1 is 1.29 bits per heavy atom. The van der Waals surface area contributed by atoms with Crippen molar-refractivity contribution in [3.05, 3.63) is 23.8 Å². The summed E-state index contributed by atoms with van der Waals surface area (Å²) in [5, 5.41) is 3.02. The van der Waals surface area contributed by atoms with Gasteiger partial charge in [-0.25, -0.2) is 0 Å². The van der Waals surface area contributed by atoms with Crippen molar-refractivity contribution in [1.29, 1.82) is 0 Å². The zero-order valence-corrected chi connectivity index (χ0v) is 14.2. The number of ether oxygens (including phenoxy) is 3. The molecule has 4 rings (SSSR count). The molecule has 1 aromatic rings. The number of carbonyl (C=O) groups excluding carboxylic acids is 1. The van der Waals surface area contributed by atoms with Crippen LogP contribution in [0.5, 0.6) is 11.5 Å². The number of nitrogens with zero attached hydrogens (tertiary/aromatic N) is 1. The van der Waals surface area contributed by atoms with Crippen LogP contribution >= 0.6 is 0 Å². The maximum absolute atomic E-state index is 12.4. The monoisotopic (exact) mass is 332 g/mol. The van der Waals surface area contributed by atoms with Gasteiger partial charge in [0.2, 0.25) is 12.7 Å². The molecule has 0 aliphatic carbocycles. The lowest BCUT2D eigenvalue weighted by molar-refractivity contribution is -0.126. The molecule has 0 unspecified atom stereocenters. The Balaban J connectivity index is 1.39. The lowest BCUT2D eigenvalue weighted by atomic mass is 9.92. The van der Waals surface area contributed by atoms with E-state index in [0.29, 0.717) is 13.4 Å². The number of amides is 1. The molecule has 1 aromatic carbocycles. The molecule has 0 bridgehead atoms. The fourth-order valence-electron chi connectivity index (χ4n) is 3.88. The van der Waals surface area contributed by atoms with Crippen LogP contribution in [0.1, 0.15) is 19.4 Å². The Morgan fingerprint density at radius 2 is 2.12 bits per heavy atom. The van der Waals surface area contributed by atoms with Gasteiger partial charge in [-0.3, -0.25) is 9.69 Å². The maximum atomic E-state index is 12.4. The molecule has 0 radical (unpaired) electrons. The summed E-state index contributed by atoms with van der Waals surface area (Å²) >= 11 is 0. The van der Waals surface area contributed by atoms with Crippen LogP contribution in [0.25, 0.3) is 0 Å². The maximum Gasteiger partial charge on any atom is 0.231 e. The summed E-state index contributed by atoms with van der Waals surface area (Å²) in [6, 6.07) is 6.25. The molecule has 3 atom stereocenters. The summed E-state index contributed by atoms with van der Waals surface area (Å²) < 4.78 is 16.7. The first kappa shape index (κ1) is 15.7. The van der Waals surface area contributed by atoms with Crippen molar-refractivity contribution in [2.75, 3.05) is 26.5 Å². The Labute approximate surface area is 142 Å². The second-order valence-corrected chi connectivity index (χ2v) is 7.19. The molecule has 3 aliphatic rings. The Bertz CT molecular complexity index is 633. The minimum absolute atomic E-state index is 0.0286. The molecule has 3 heterocycles. The van der Waals surface area contributed by atoms with E-state index < -0.39 is 0 Å². The first-order valence-corrected chi connectivity index (χ1v) is 8.63. The topological polar surface area (TPSA) is 60.0 Å². The molecule has 0 spiro atoms. The van der Waals surface area contributed by atoms with E-state index in [4.69, 9.17) is 14.2 Å². The first-order valence-electron chi connectivity index (χ1n) is 8.63. The predicted molar refractivity (Wildman–Crippen MR) is 87.8 cm³/mol. The highest BCUT2D eigenvalue weighted by Crippen LogP contribution is 2.36. The second-order valence-electron chi connectivity index (χ2n) is 7.19. The highest BCUT2D eigenvalue weighted by atomic mass is 16.7. The lowest BCUT2D eigenvalue weighted by Crippen LogP contribution is -2.39. The zero-order valence-electron chi connectivity index (χ0n) is 14.2. The van der Waals surface area contributed by atoms with Crippen molar-refractivity contribution in [2.24, 2.45) is 11.8 Å². The normalized spacial score (nSPS) is 28.4. The smallest absolute Gasteiger partial charge is 0.231 e. The third-order valence-electron chi connectivity index (χ3n) is 5.00. The van der Waals surface area contributed by atoms with Gasteiger partial charge in [0, 0.05) is 31.6 Å². The van der Waals surface area contributed by atoms with Gasteiger partial charge < -0.3 is 19.5 Å². The van der Waals surface area contributed by atoms with Gasteiger partial charge in [-0.05, 0) is 31.5 Å². The molecule has 6 heteroatoms. The molecule has 0 aromatic heterocycles. The number of nitrogens with one attached hydrogen (secondary N) is 1. The van der Waals surface area contributed by atoms with Gasteiger partial charge >= 0.3 is 0 Å². The molecule has 1 N–H and O–H groups in total. The molecule has 24 heavy (non-hydrogen) atoms. The van der Waals surface area contributed by atoms with E-state index >= 15 is 0 Å². The minimum atomic E-state index is -0.0286. The summed E-state index contributed by atoms with van der Waals surface area (Å²) in [5.74, 6) is 2.02. The van der Waals surface area contributed by atoms with Crippen molar-refractivity contribution in [3.63, 3.8) is 0 Å². The van der Waals surface area contributed by atoms with Crippen LogP contribution in [0.15, 0.2) is 18.2 Å². The largest absolute Gasteiger partial charge is 0.454 e. The number of carbonyl (C=O) groups is 1. The second kappa shape index (κ2) is 6.26. The molecule has 130 valence electrons. The Morgan fingerprint density at radius 3 is 2.96 bits per heavy atom. The van der Waals surface area contributed by atoms with Crippen molar-refractivity contribution >= 4 is 5.91 Å². The van der Waals surface area contributed by atoms with Gasteiger partial charge in [-0.15, -0.1) is 0 Å². The fraction of sp³-hybridized carbons (Fsp3) is 0.611. The highest BCUT2D eigenvalue weighted by Gasteiger charge is 2.46. The first-order chi connectivity index (χ1) is 11.6. The van der Waals surface area contributed by atoms with E-state index in [0.717, 1.165) is 31.1 Å². The number of hydrogen-bond donors (Lipinski definition) is 1. The standard InChI is InChI=1S/C18H24N2O4/c1-11(2)19-18(21)14-9-22-17-8-20(7-13(14)17)6-12-3-4-15-16(5-12)24-10-23-15/h3-5,11,13-14,17H,6-10H2,1-2H3,(H,19,21)/t13-,14+,17-/m1/s1. The number of rotatable bonds is 4. The number of fused-ring (bicyclic) bond motifs is 2. The summed E-state index contributed by atoms with van der Waals surface area (Å²) in [6.07, 6.45) is 0.168. The van der Waals surface area contributed by atoms with Crippen LogP contribution in [0.3, 0.4) is 0 Å². The van der Waals surface area contributed by atoms with Gasteiger partial charge in [0.1, 0.15) is 0 Å². The average molecular weight is 332 g/mol. The van der Waals surface area contributed by atoms with Gasteiger partial charge in [-0.2, -0.15) is 0 Å². The number of hydrogen-bond acceptors (Lipinski definition) is 5. The third-order valence-corrected chi connectivity index (χ3v) is 5.00. The minimum Gasteiger partial charge on any atom is -0.454 e. The quantitative estimate of drug-likeness (QED) is 0.903. The number of benzene rings is 1. The van der Waals surface area contributed by atoms with Crippen molar-refractivity contribution in [1.82, 2.24) is 10.2 Å². The molecular weight excluding hydrogens is 308 g/mol. The summed E-state index contributed by atoms with van der Waals surface area (Å²) in [4.78, 5) is 14.7. The molecule has 2 saturated heterocycles. The van der Waals surface area contributed by atoms with E-state index in [1.54, 1.807) is 0 Å². The fourth-order valence-corrected chi connectivity index (χ4v) is 3.88. The van der Waals surface area contributed by atoms with Gasteiger partial charge in [0.05, 0.1) is 18.6 Å². The van der Waals surface area contributed by atoms with E-state index in [1.165, 1.54) is 5.56 Å². The Hall–Kier alpha value is -1.79. The van der Waals surface area contributed by atoms with Crippen molar-refractivity contribution in [2.45, 2.75) is 32.5 Å². The molecule has 3 aliphatic heterocycles. The molecule has 0 saturated carbocycles. The van der Waals surface area contributed by atoms with Crippen LogP contribution in [0.4, 0.5) is 0 Å². The average Bonchev–Trinajstić information content (AvgIpc) is 3.20. The summed E-state index contributed by atoms with van der Waals surface area (Å²) in [6.45, 7) is 7.45. The third kappa shape index (κ3) is 2.96. The van der Waals surface area contributed by atoms with Crippen LogP contribution in [0.2, 0.25) is 0 Å². The Kier molecular flexibility index (Phi) is 4.10. The predicted octanol–water partition coefficient (Wildman–Crippen LogP) is 1.39. The summed E-state index contributed by atoms with van der Waals surface area (Å²) in [5.41, 5.74) is 1.20. The molecular formula is C18H24N2O4.